The van der Waals surface area contributed by atoms with E-state index in [1.807, 2.05) is 0 Å². The van der Waals surface area contributed by atoms with Gasteiger partial charge in [-0.05, 0) is 12.1 Å². The van der Waals surface area contributed by atoms with E-state index in [0.29, 0.717) is 20.8 Å². The molecule has 0 aliphatic rings. The second kappa shape index (κ2) is 4.03. The van der Waals surface area contributed by atoms with Gasteiger partial charge in [0.2, 0.25) is 11.0 Å². The van der Waals surface area contributed by atoms with Crippen molar-refractivity contribution in [3.63, 3.8) is 0 Å². The zero-order chi connectivity index (χ0) is 13.6. The number of fused-ring (bicyclic) bond motifs is 2. The molecule has 0 radical (unpaired) electrons. The van der Waals surface area contributed by atoms with E-state index in [4.69, 9.17) is 11.6 Å². The molecule has 1 aromatic heterocycles. The fourth-order valence-electron chi connectivity index (χ4n) is 1.91. The van der Waals surface area contributed by atoms with Crippen LogP contribution in [0.4, 0.5) is 5.69 Å². The van der Waals surface area contributed by atoms with Crippen molar-refractivity contribution in [3.05, 3.63) is 56.7 Å². The van der Waals surface area contributed by atoms with Crippen LogP contribution < -0.4 is 4.73 Å². The first-order chi connectivity index (χ1) is 9.08. The second-order valence-electron chi connectivity index (χ2n) is 3.94. The number of hydrogen-bond acceptors (Lipinski definition) is 4. The van der Waals surface area contributed by atoms with Gasteiger partial charge < -0.3 is 5.21 Å². The van der Waals surface area contributed by atoms with E-state index < -0.39 is 4.92 Å². The lowest BCUT2D eigenvalue weighted by Crippen LogP contribution is -2.28. The monoisotopic (exact) mass is 275 g/mol. The number of nitrogens with zero attached hydrogens (tertiary/aromatic N) is 3. The van der Waals surface area contributed by atoms with E-state index in [9.17, 15) is 15.3 Å². The Hall–Kier alpha value is -2.47. The van der Waals surface area contributed by atoms with Gasteiger partial charge in [-0.2, -0.15) is 4.73 Å². The predicted octanol–water partition coefficient (Wildman–Crippen LogP) is 2.58. The van der Waals surface area contributed by atoms with Crippen LogP contribution in [-0.4, -0.2) is 9.91 Å². The fourth-order valence-corrected chi connectivity index (χ4v) is 2.12. The minimum Gasteiger partial charge on any atom is -0.618 e. The minimum atomic E-state index is -0.554. The lowest BCUT2D eigenvalue weighted by molar-refractivity contribution is -0.548. The molecule has 19 heavy (non-hydrogen) atoms. The summed E-state index contributed by atoms with van der Waals surface area (Å²) in [5.41, 5.74) is 1.01. The maximum absolute atomic E-state index is 12.2. The van der Waals surface area contributed by atoms with E-state index in [2.05, 4.69) is 4.98 Å². The summed E-state index contributed by atoms with van der Waals surface area (Å²) in [6.45, 7) is 0. The van der Waals surface area contributed by atoms with E-state index in [1.54, 1.807) is 18.2 Å². The molecule has 94 valence electrons. The average Bonchev–Trinajstić information content (AvgIpc) is 2.40. The number of aromatic nitrogens is 2. The van der Waals surface area contributed by atoms with Gasteiger partial charge in [0.1, 0.15) is 5.52 Å². The van der Waals surface area contributed by atoms with Crippen LogP contribution in [0, 0.1) is 15.3 Å². The molecule has 0 fully saturated rings. The molecule has 0 aliphatic carbocycles. The molecule has 3 rings (SSSR count). The number of nitro benzene ring substituents is 1. The molecule has 1 heterocycles. The van der Waals surface area contributed by atoms with Gasteiger partial charge in [0, 0.05) is 12.1 Å². The van der Waals surface area contributed by atoms with Crippen LogP contribution in [0.25, 0.3) is 22.1 Å². The summed E-state index contributed by atoms with van der Waals surface area (Å²) in [6, 6.07) is 8.77. The molecule has 0 bridgehead atoms. The lowest BCUT2D eigenvalue weighted by atomic mass is 10.2. The largest absolute Gasteiger partial charge is 0.618 e. The maximum Gasteiger partial charge on any atom is 0.276 e. The van der Waals surface area contributed by atoms with Gasteiger partial charge in [0.25, 0.3) is 5.69 Å². The van der Waals surface area contributed by atoms with Crippen molar-refractivity contribution < 1.29 is 9.65 Å². The molecule has 0 amide bonds. The first-order valence-corrected chi connectivity index (χ1v) is 5.71. The highest BCUT2D eigenvalue weighted by atomic mass is 35.5. The molecule has 0 aliphatic heterocycles. The SMILES string of the molecule is O=[N+]([O-])c1ccc2nc3c(Cl)cccc3[n+]([O-])c2c1. The van der Waals surface area contributed by atoms with Gasteiger partial charge in [-0.3, -0.25) is 10.1 Å². The van der Waals surface area contributed by atoms with Crippen LogP contribution in [0.15, 0.2) is 36.4 Å². The van der Waals surface area contributed by atoms with Gasteiger partial charge in [-0.1, -0.05) is 17.7 Å². The van der Waals surface area contributed by atoms with Crippen molar-refractivity contribution in [2.45, 2.75) is 0 Å². The smallest absolute Gasteiger partial charge is 0.276 e. The van der Waals surface area contributed by atoms with E-state index in [0.717, 1.165) is 0 Å². The molecule has 3 aromatic rings. The summed E-state index contributed by atoms with van der Waals surface area (Å²) in [7, 11) is 0. The Balaban J connectivity index is 2.47. The first kappa shape index (κ1) is 11.6. The highest BCUT2D eigenvalue weighted by Gasteiger charge is 2.17. The third-order valence-electron chi connectivity index (χ3n) is 2.81. The van der Waals surface area contributed by atoms with E-state index in [-0.39, 0.29) is 16.7 Å². The molecular weight excluding hydrogens is 270 g/mol. The number of rotatable bonds is 1. The molecular formula is C12H6ClN3O3. The molecule has 7 heteroatoms. The fraction of sp³-hybridized carbons (Fsp3) is 0. The molecule has 0 saturated carbocycles. The summed E-state index contributed by atoms with van der Waals surface area (Å²) in [5.74, 6) is 0. The van der Waals surface area contributed by atoms with Gasteiger partial charge >= 0.3 is 0 Å². The highest BCUT2D eigenvalue weighted by Crippen LogP contribution is 2.23. The maximum atomic E-state index is 12.2. The molecule has 0 N–H and O–H groups in total. The summed E-state index contributed by atoms with van der Waals surface area (Å²) in [5, 5.41) is 23.3. The standard InChI is InChI=1S/C12H6ClN3O3/c13-8-2-1-3-10-12(8)14-9-5-4-7(16(18)19)6-11(9)15(10)17/h1-6H. The molecule has 0 unspecified atom stereocenters. The third-order valence-corrected chi connectivity index (χ3v) is 3.11. The second-order valence-corrected chi connectivity index (χ2v) is 4.35. The third kappa shape index (κ3) is 1.73. The van der Waals surface area contributed by atoms with Gasteiger partial charge in [-0.25, -0.2) is 4.98 Å². The van der Waals surface area contributed by atoms with Crippen molar-refractivity contribution in [2.75, 3.05) is 0 Å². The summed E-state index contributed by atoms with van der Waals surface area (Å²) in [4.78, 5) is 14.4. The van der Waals surface area contributed by atoms with E-state index in [1.165, 1.54) is 18.2 Å². The Morgan fingerprint density at radius 3 is 2.74 bits per heavy atom. The van der Waals surface area contributed by atoms with Crippen molar-refractivity contribution in [2.24, 2.45) is 0 Å². The molecule has 0 atom stereocenters. The van der Waals surface area contributed by atoms with E-state index >= 15 is 0 Å². The number of hydrogen-bond donors (Lipinski definition) is 0. The number of nitro groups is 1. The van der Waals surface area contributed by atoms with Crippen LogP contribution in [0.1, 0.15) is 0 Å². The molecule has 6 nitrogen and oxygen atoms in total. The summed E-state index contributed by atoms with van der Waals surface area (Å²) >= 11 is 5.99. The quantitative estimate of drug-likeness (QED) is 0.225. The van der Waals surface area contributed by atoms with Gasteiger partial charge in [-0.15, -0.1) is 0 Å². The summed E-state index contributed by atoms with van der Waals surface area (Å²) < 4.78 is 0.608. The number of non-ortho nitro benzene ring substituents is 1. The van der Waals surface area contributed by atoms with Crippen molar-refractivity contribution in [1.29, 1.82) is 0 Å². The Kier molecular flexibility index (Phi) is 2.46. The first-order valence-electron chi connectivity index (χ1n) is 5.34. The molecule has 2 aromatic carbocycles. The minimum absolute atomic E-state index is 0.143. The zero-order valence-corrected chi connectivity index (χ0v) is 10.2. The van der Waals surface area contributed by atoms with Crippen LogP contribution >= 0.6 is 11.6 Å². The Morgan fingerprint density at radius 1 is 1.21 bits per heavy atom. The Morgan fingerprint density at radius 2 is 2.00 bits per heavy atom. The van der Waals surface area contributed by atoms with Crippen molar-refractivity contribution in [3.8, 4) is 0 Å². The molecule has 0 saturated heterocycles. The highest BCUT2D eigenvalue weighted by molar-refractivity contribution is 6.34. The average molecular weight is 276 g/mol. The van der Waals surface area contributed by atoms with Crippen LogP contribution in [0.5, 0.6) is 0 Å². The topological polar surface area (TPSA) is 83.0 Å². The van der Waals surface area contributed by atoms with Crippen molar-refractivity contribution in [1.82, 2.24) is 4.98 Å². The number of halogens is 1. The van der Waals surface area contributed by atoms with Gasteiger partial charge in [0.15, 0.2) is 5.52 Å². The number of para-hydroxylation sites is 1. The zero-order valence-electron chi connectivity index (χ0n) is 9.41. The molecule has 0 spiro atoms. The lowest BCUT2D eigenvalue weighted by Gasteiger charge is -2.05. The van der Waals surface area contributed by atoms with Gasteiger partial charge in [0.05, 0.1) is 16.0 Å². The Labute approximate surface area is 111 Å². The normalized spacial score (nSPS) is 11.0. The Bertz CT molecular complexity index is 835. The van der Waals surface area contributed by atoms with Crippen molar-refractivity contribution >= 4 is 39.4 Å². The number of benzene rings is 2. The van der Waals surface area contributed by atoms with Crippen LogP contribution in [0.2, 0.25) is 5.02 Å². The summed E-state index contributed by atoms with van der Waals surface area (Å²) in [6.07, 6.45) is 0. The predicted molar refractivity (Wildman–Crippen MR) is 69.9 cm³/mol. The van der Waals surface area contributed by atoms with Crippen LogP contribution in [0.3, 0.4) is 0 Å². The van der Waals surface area contributed by atoms with Crippen LogP contribution in [-0.2, 0) is 0 Å².